The van der Waals surface area contributed by atoms with Crippen LogP contribution >= 0.6 is 11.3 Å². The van der Waals surface area contributed by atoms with Crippen molar-refractivity contribution in [3.05, 3.63) is 46.2 Å². The first kappa shape index (κ1) is 14.2. The van der Waals surface area contributed by atoms with Gasteiger partial charge in [-0.3, -0.25) is 0 Å². The largest absolute Gasteiger partial charge is 0.497 e. The molecule has 0 aliphatic heterocycles. The number of hydrogen-bond acceptors (Lipinski definition) is 2. The summed E-state index contributed by atoms with van der Waals surface area (Å²) in [6.45, 7) is 2.21. The molecular weight excluding hydrogens is 251 g/mol. The summed E-state index contributed by atoms with van der Waals surface area (Å²) < 4.78 is 5.35. The van der Waals surface area contributed by atoms with E-state index in [-0.39, 0.29) is 0 Å². The fourth-order valence-corrected chi connectivity index (χ4v) is 2.98. The van der Waals surface area contributed by atoms with Crippen LogP contribution in [0.3, 0.4) is 0 Å². The Hall–Kier alpha value is -1.22. The molecule has 3 heteroatoms. The molecule has 0 amide bonds. The molecule has 0 atom stereocenters. The van der Waals surface area contributed by atoms with Crippen molar-refractivity contribution >= 4 is 24.1 Å². The zero-order chi connectivity index (χ0) is 13.5. The van der Waals surface area contributed by atoms with Crippen LogP contribution in [0.4, 0.5) is 0 Å². The second kappa shape index (κ2) is 7.39. The minimum Gasteiger partial charge on any atom is -0.497 e. The Balaban J connectivity index is 1.71. The van der Waals surface area contributed by atoms with E-state index in [9.17, 15) is 0 Å². The van der Waals surface area contributed by atoms with Gasteiger partial charge in [-0.15, -0.1) is 11.3 Å². The number of methoxy groups -OCH3 is 1. The summed E-state index contributed by atoms with van der Waals surface area (Å²) in [5.41, 5.74) is 2.72. The second-order valence-corrected chi connectivity index (χ2v) is 5.81. The van der Waals surface area contributed by atoms with Crippen LogP contribution in [0.1, 0.15) is 23.3 Å². The van der Waals surface area contributed by atoms with Gasteiger partial charge in [0.25, 0.3) is 0 Å². The Kier molecular flexibility index (Phi) is 5.52. The summed E-state index contributed by atoms with van der Waals surface area (Å²) >= 11 is 1.85. The van der Waals surface area contributed by atoms with Gasteiger partial charge in [-0.05, 0) is 48.3 Å². The van der Waals surface area contributed by atoms with Gasteiger partial charge in [0.1, 0.15) is 5.75 Å². The number of unbranched alkanes of at least 4 members (excludes halogenated alkanes) is 1. The first-order chi connectivity index (χ1) is 9.31. The molecule has 1 aromatic carbocycles. The monoisotopic (exact) mass is 271 g/mol. The maximum absolute atomic E-state index is 5.35. The molecule has 1 aromatic heterocycles. The minimum atomic E-state index is 0.969. The van der Waals surface area contributed by atoms with E-state index in [1.54, 1.807) is 7.11 Å². The SMILES string of the molecule is COc1ccccc1[B]CCCCc1ccsc1C. The Bertz CT molecular complexity index is 507. The van der Waals surface area contributed by atoms with Gasteiger partial charge in [-0.2, -0.15) is 0 Å². The lowest BCUT2D eigenvalue weighted by Crippen LogP contribution is -2.16. The predicted molar refractivity (Wildman–Crippen MR) is 85.2 cm³/mol. The Labute approximate surface area is 120 Å². The van der Waals surface area contributed by atoms with Gasteiger partial charge in [-0.1, -0.05) is 30.9 Å². The third-order valence-electron chi connectivity index (χ3n) is 3.37. The fourth-order valence-electron chi connectivity index (χ4n) is 2.22. The van der Waals surface area contributed by atoms with E-state index >= 15 is 0 Å². The standard InChI is InChI=1S/C16H20BOS/c1-13-14(10-12-19-13)7-5-6-11-17-15-8-3-4-9-16(15)18-2/h3-4,8-10,12H,5-7,11H2,1-2H3. The fraction of sp³-hybridized carbons (Fsp3) is 0.375. The summed E-state index contributed by atoms with van der Waals surface area (Å²) in [6.07, 6.45) is 4.80. The van der Waals surface area contributed by atoms with Crippen LogP contribution in [0.15, 0.2) is 35.7 Å². The van der Waals surface area contributed by atoms with Crippen molar-refractivity contribution < 1.29 is 4.74 Å². The average Bonchev–Trinajstić information content (AvgIpc) is 2.84. The summed E-state index contributed by atoms with van der Waals surface area (Å²) in [5.74, 6) is 0.969. The molecule has 0 aliphatic carbocycles. The number of thiophene rings is 1. The first-order valence-corrected chi connectivity index (χ1v) is 7.68. The lowest BCUT2D eigenvalue weighted by molar-refractivity contribution is 0.418. The summed E-state index contributed by atoms with van der Waals surface area (Å²) in [5, 5.41) is 2.19. The molecule has 0 unspecified atom stereocenters. The Morgan fingerprint density at radius 3 is 2.74 bits per heavy atom. The van der Waals surface area contributed by atoms with E-state index in [4.69, 9.17) is 4.74 Å². The minimum absolute atomic E-state index is 0.969. The topological polar surface area (TPSA) is 9.23 Å². The van der Waals surface area contributed by atoms with E-state index in [0.717, 1.165) is 12.1 Å². The van der Waals surface area contributed by atoms with Crippen LogP contribution < -0.4 is 10.2 Å². The molecular formula is C16H20BOS. The summed E-state index contributed by atoms with van der Waals surface area (Å²) in [7, 11) is 4.01. The molecule has 1 radical (unpaired) electrons. The van der Waals surface area contributed by atoms with Gasteiger partial charge in [0.2, 0.25) is 0 Å². The van der Waals surface area contributed by atoms with Gasteiger partial charge >= 0.3 is 0 Å². The number of aryl methyl sites for hydroxylation is 2. The summed E-state index contributed by atoms with van der Waals surface area (Å²) in [4.78, 5) is 1.47. The normalized spacial score (nSPS) is 10.4. The highest BCUT2D eigenvalue weighted by Gasteiger charge is 2.03. The molecule has 0 spiro atoms. The highest BCUT2D eigenvalue weighted by Crippen LogP contribution is 2.17. The van der Waals surface area contributed by atoms with Crippen molar-refractivity contribution in [2.24, 2.45) is 0 Å². The van der Waals surface area contributed by atoms with Gasteiger partial charge in [0, 0.05) is 4.88 Å². The molecule has 0 fully saturated rings. The number of para-hydroxylation sites is 1. The first-order valence-electron chi connectivity index (χ1n) is 6.80. The zero-order valence-corrected chi connectivity index (χ0v) is 12.5. The van der Waals surface area contributed by atoms with Crippen molar-refractivity contribution in [3.8, 4) is 5.75 Å². The lowest BCUT2D eigenvalue weighted by Gasteiger charge is -2.07. The number of benzene rings is 1. The average molecular weight is 271 g/mol. The predicted octanol–water partition coefficient (Wildman–Crippen LogP) is 3.84. The van der Waals surface area contributed by atoms with Crippen LogP contribution in [0.5, 0.6) is 5.75 Å². The van der Waals surface area contributed by atoms with Gasteiger partial charge < -0.3 is 4.74 Å². The molecule has 99 valence electrons. The number of rotatable bonds is 7. The molecule has 2 aromatic rings. The van der Waals surface area contributed by atoms with Crippen LogP contribution in [0.2, 0.25) is 6.32 Å². The van der Waals surface area contributed by atoms with Gasteiger partial charge in [0.15, 0.2) is 7.28 Å². The van der Waals surface area contributed by atoms with Crippen molar-refractivity contribution in [2.75, 3.05) is 7.11 Å². The second-order valence-electron chi connectivity index (χ2n) is 4.69. The van der Waals surface area contributed by atoms with Crippen molar-refractivity contribution in [1.29, 1.82) is 0 Å². The summed E-state index contributed by atoms with van der Waals surface area (Å²) in [6, 6.07) is 10.4. The van der Waals surface area contributed by atoms with Crippen molar-refractivity contribution in [2.45, 2.75) is 32.5 Å². The van der Waals surface area contributed by atoms with E-state index < -0.39 is 0 Å². The smallest absolute Gasteiger partial charge is 0.156 e. The molecule has 1 nitrogen and oxygen atoms in total. The molecule has 1 heterocycles. The van der Waals surface area contributed by atoms with E-state index in [1.807, 2.05) is 23.5 Å². The van der Waals surface area contributed by atoms with E-state index in [0.29, 0.717) is 0 Å². The van der Waals surface area contributed by atoms with Crippen LogP contribution in [-0.2, 0) is 6.42 Å². The van der Waals surface area contributed by atoms with Crippen molar-refractivity contribution in [3.63, 3.8) is 0 Å². The Morgan fingerprint density at radius 2 is 2.00 bits per heavy atom. The van der Waals surface area contributed by atoms with Gasteiger partial charge in [0.05, 0.1) is 7.11 Å². The van der Waals surface area contributed by atoms with Crippen molar-refractivity contribution in [1.82, 2.24) is 0 Å². The highest BCUT2D eigenvalue weighted by atomic mass is 32.1. The Morgan fingerprint density at radius 1 is 1.16 bits per heavy atom. The third-order valence-corrected chi connectivity index (χ3v) is 4.26. The zero-order valence-electron chi connectivity index (χ0n) is 11.7. The van der Waals surface area contributed by atoms with Crippen LogP contribution in [0, 0.1) is 6.92 Å². The maximum atomic E-state index is 5.35. The lowest BCUT2D eigenvalue weighted by atomic mass is 9.65. The molecule has 0 N–H and O–H groups in total. The molecule has 0 saturated heterocycles. The van der Waals surface area contributed by atoms with Gasteiger partial charge in [-0.25, -0.2) is 0 Å². The van der Waals surface area contributed by atoms with Crippen LogP contribution in [0.25, 0.3) is 0 Å². The highest BCUT2D eigenvalue weighted by molar-refractivity contribution is 7.10. The molecule has 0 saturated carbocycles. The molecule has 0 aliphatic rings. The van der Waals surface area contributed by atoms with E-state index in [1.165, 1.54) is 35.2 Å². The molecule has 19 heavy (non-hydrogen) atoms. The van der Waals surface area contributed by atoms with Crippen LogP contribution in [-0.4, -0.2) is 14.4 Å². The quantitative estimate of drug-likeness (QED) is 0.549. The number of hydrogen-bond donors (Lipinski definition) is 0. The van der Waals surface area contributed by atoms with E-state index in [2.05, 4.69) is 37.8 Å². The third kappa shape index (κ3) is 4.14. The molecule has 0 bridgehead atoms. The molecule has 2 rings (SSSR count). The maximum Gasteiger partial charge on any atom is 0.156 e. The number of ether oxygens (including phenoxy) is 1.